The Morgan fingerprint density at radius 1 is 1.35 bits per heavy atom. The Labute approximate surface area is 98.7 Å². The Balaban J connectivity index is 2.40. The minimum atomic E-state index is -0.691. The molecule has 17 heavy (non-hydrogen) atoms. The number of nitrogens with zero attached hydrogens (tertiary/aromatic N) is 4. The van der Waals surface area contributed by atoms with Crippen LogP contribution in [0.1, 0.15) is 36.7 Å². The number of hydrogen-bond acceptors (Lipinski definition) is 6. The van der Waals surface area contributed by atoms with Crippen LogP contribution in [0.15, 0.2) is 10.6 Å². The number of aromatic nitrogens is 4. The molecule has 6 heteroatoms. The molecule has 0 aliphatic rings. The van der Waals surface area contributed by atoms with Crippen LogP contribution in [-0.2, 0) is 0 Å². The van der Waals surface area contributed by atoms with Gasteiger partial charge in [0.1, 0.15) is 6.10 Å². The van der Waals surface area contributed by atoms with E-state index in [9.17, 15) is 5.11 Å². The molecule has 2 aromatic heterocycles. The predicted octanol–water partition coefficient (Wildman–Crippen LogP) is 1.59. The lowest BCUT2D eigenvalue weighted by molar-refractivity contribution is 0.159. The molecule has 0 radical (unpaired) electrons. The third-order valence-electron chi connectivity index (χ3n) is 2.46. The number of aliphatic hydroxyl groups is 1. The van der Waals surface area contributed by atoms with Crippen molar-refractivity contribution >= 4 is 0 Å². The van der Waals surface area contributed by atoms with Gasteiger partial charge in [-0.15, -0.1) is 0 Å². The number of hydrogen-bond donors (Lipinski definition) is 1. The van der Waals surface area contributed by atoms with Gasteiger partial charge < -0.3 is 9.63 Å². The molecule has 1 unspecified atom stereocenters. The van der Waals surface area contributed by atoms with Crippen LogP contribution >= 0.6 is 0 Å². The van der Waals surface area contributed by atoms with Crippen LogP contribution in [0.5, 0.6) is 0 Å². The van der Waals surface area contributed by atoms with Gasteiger partial charge in [0.05, 0.1) is 17.0 Å². The van der Waals surface area contributed by atoms with Crippen molar-refractivity contribution in [3.8, 4) is 11.5 Å². The van der Waals surface area contributed by atoms with E-state index < -0.39 is 6.10 Å². The first kappa shape index (κ1) is 11.7. The van der Waals surface area contributed by atoms with Gasteiger partial charge in [-0.1, -0.05) is 12.1 Å². The first-order valence-electron chi connectivity index (χ1n) is 5.44. The van der Waals surface area contributed by atoms with E-state index in [-0.39, 0.29) is 0 Å². The van der Waals surface area contributed by atoms with Gasteiger partial charge >= 0.3 is 0 Å². The zero-order valence-corrected chi connectivity index (χ0v) is 10.0. The Morgan fingerprint density at radius 3 is 2.82 bits per heavy atom. The first-order chi connectivity index (χ1) is 8.11. The van der Waals surface area contributed by atoms with Crippen LogP contribution in [0.3, 0.4) is 0 Å². The van der Waals surface area contributed by atoms with Crippen LogP contribution in [0.4, 0.5) is 0 Å². The highest BCUT2D eigenvalue weighted by atomic mass is 16.5. The van der Waals surface area contributed by atoms with Crippen LogP contribution in [0.2, 0.25) is 0 Å². The molecular formula is C11H14N4O2. The highest BCUT2D eigenvalue weighted by Gasteiger charge is 2.16. The molecule has 0 saturated carbocycles. The third-order valence-corrected chi connectivity index (χ3v) is 2.46. The van der Waals surface area contributed by atoms with Crippen LogP contribution in [-0.4, -0.2) is 25.4 Å². The Hall–Kier alpha value is -1.82. The maximum absolute atomic E-state index is 9.60. The molecule has 1 atom stereocenters. The van der Waals surface area contributed by atoms with Crippen molar-refractivity contribution < 1.29 is 9.63 Å². The molecule has 0 aliphatic carbocycles. The van der Waals surface area contributed by atoms with Gasteiger partial charge in [0.25, 0.3) is 5.89 Å². The number of rotatable bonds is 3. The van der Waals surface area contributed by atoms with Gasteiger partial charge in [0, 0.05) is 0 Å². The lowest BCUT2D eigenvalue weighted by atomic mass is 10.2. The second-order valence-electron chi connectivity index (χ2n) is 3.87. The van der Waals surface area contributed by atoms with Crippen LogP contribution in [0, 0.1) is 13.8 Å². The third kappa shape index (κ3) is 2.31. The van der Waals surface area contributed by atoms with Crippen molar-refractivity contribution in [3.05, 3.63) is 23.3 Å². The van der Waals surface area contributed by atoms with Gasteiger partial charge in [0.2, 0.25) is 5.82 Å². The van der Waals surface area contributed by atoms with E-state index in [0.29, 0.717) is 18.1 Å². The lowest BCUT2D eigenvalue weighted by Crippen LogP contribution is -1.98. The second-order valence-corrected chi connectivity index (χ2v) is 3.87. The number of aliphatic hydroxyl groups excluding tert-OH is 1. The van der Waals surface area contributed by atoms with E-state index in [1.165, 1.54) is 0 Å². The highest BCUT2D eigenvalue weighted by molar-refractivity contribution is 5.55. The van der Waals surface area contributed by atoms with Gasteiger partial charge in [-0.3, -0.25) is 0 Å². The van der Waals surface area contributed by atoms with E-state index in [0.717, 1.165) is 17.0 Å². The minimum absolute atomic E-state index is 0.302. The molecule has 0 bridgehead atoms. The molecule has 0 fully saturated rings. The fraction of sp³-hybridized carbons (Fsp3) is 0.455. The van der Waals surface area contributed by atoms with Crippen LogP contribution in [0.25, 0.3) is 11.5 Å². The van der Waals surface area contributed by atoms with Crippen LogP contribution < -0.4 is 0 Å². The summed E-state index contributed by atoms with van der Waals surface area (Å²) < 4.78 is 5.12. The molecular weight excluding hydrogens is 220 g/mol. The van der Waals surface area contributed by atoms with Crippen molar-refractivity contribution in [2.45, 2.75) is 33.3 Å². The average molecular weight is 234 g/mol. The van der Waals surface area contributed by atoms with Crippen molar-refractivity contribution in [3.63, 3.8) is 0 Å². The Morgan fingerprint density at radius 2 is 2.12 bits per heavy atom. The summed E-state index contributed by atoms with van der Waals surface area (Å²) in [5.41, 5.74) is 2.25. The average Bonchev–Trinajstić information content (AvgIpc) is 2.80. The summed E-state index contributed by atoms with van der Waals surface area (Å²) in [6, 6.07) is 1.83. The van der Waals surface area contributed by atoms with Crippen molar-refractivity contribution in [1.82, 2.24) is 20.3 Å². The zero-order chi connectivity index (χ0) is 12.4. The van der Waals surface area contributed by atoms with Gasteiger partial charge in [0.15, 0.2) is 0 Å². The first-order valence-corrected chi connectivity index (χ1v) is 5.44. The molecule has 0 amide bonds. The molecule has 90 valence electrons. The van der Waals surface area contributed by atoms with Gasteiger partial charge in [-0.2, -0.15) is 15.2 Å². The monoisotopic (exact) mass is 234 g/mol. The fourth-order valence-corrected chi connectivity index (χ4v) is 1.43. The highest BCUT2D eigenvalue weighted by Crippen LogP contribution is 2.22. The normalized spacial score (nSPS) is 12.7. The molecule has 6 nitrogen and oxygen atoms in total. The van der Waals surface area contributed by atoms with Crippen molar-refractivity contribution in [2.24, 2.45) is 0 Å². The fourth-order valence-electron chi connectivity index (χ4n) is 1.43. The van der Waals surface area contributed by atoms with Crippen molar-refractivity contribution in [2.75, 3.05) is 0 Å². The molecule has 2 heterocycles. The van der Waals surface area contributed by atoms with E-state index in [2.05, 4.69) is 20.3 Å². The zero-order valence-electron chi connectivity index (χ0n) is 10.0. The second kappa shape index (κ2) is 4.58. The quantitative estimate of drug-likeness (QED) is 0.867. The number of aryl methyl sites for hydroxylation is 2. The summed E-state index contributed by atoms with van der Waals surface area (Å²) in [6.45, 7) is 5.51. The van der Waals surface area contributed by atoms with E-state index in [1.54, 1.807) is 0 Å². The molecule has 0 saturated heterocycles. The molecule has 2 rings (SSSR count). The SMILES string of the molecule is CCC(O)c1noc(-c2cc(C)nnc2C)n1. The van der Waals surface area contributed by atoms with Crippen molar-refractivity contribution in [1.29, 1.82) is 0 Å². The summed E-state index contributed by atoms with van der Waals surface area (Å²) in [4.78, 5) is 4.16. The summed E-state index contributed by atoms with van der Waals surface area (Å²) in [5.74, 6) is 0.666. The summed E-state index contributed by atoms with van der Waals surface area (Å²) in [7, 11) is 0. The van der Waals surface area contributed by atoms with E-state index in [4.69, 9.17) is 4.52 Å². The summed E-state index contributed by atoms with van der Waals surface area (Å²) >= 11 is 0. The Kier molecular flexibility index (Phi) is 3.14. The molecule has 2 aromatic rings. The van der Waals surface area contributed by atoms with E-state index >= 15 is 0 Å². The smallest absolute Gasteiger partial charge is 0.259 e. The van der Waals surface area contributed by atoms with E-state index in [1.807, 2.05) is 26.8 Å². The summed E-state index contributed by atoms with van der Waals surface area (Å²) in [5, 5.41) is 21.3. The maximum atomic E-state index is 9.60. The molecule has 0 aliphatic heterocycles. The largest absolute Gasteiger partial charge is 0.385 e. The maximum Gasteiger partial charge on any atom is 0.259 e. The van der Waals surface area contributed by atoms with Gasteiger partial charge in [-0.25, -0.2) is 0 Å². The van der Waals surface area contributed by atoms with Gasteiger partial charge in [-0.05, 0) is 26.3 Å². The molecule has 0 spiro atoms. The predicted molar refractivity (Wildman–Crippen MR) is 60.0 cm³/mol. The lowest BCUT2D eigenvalue weighted by Gasteiger charge is -2.00. The molecule has 1 N–H and O–H groups in total. The molecule has 0 aromatic carbocycles. The Bertz CT molecular complexity index is 524. The topological polar surface area (TPSA) is 84.9 Å². The summed E-state index contributed by atoms with van der Waals surface area (Å²) in [6.07, 6.45) is -0.144. The minimum Gasteiger partial charge on any atom is -0.385 e. The standard InChI is InChI=1S/C11H14N4O2/c1-4-9(16)10-12-11(17-15-10)8-5-6(2)13-14-7(8)3/h5,9,16H,4H2,1-3H3.